The Labute approximate surface area is 467 Å². The van der Waals surface area contributed by atoms with Crippen LogP contribution in [-0.2, 0) is 28.6 Å². The maximum Gasteiger partial charge on any atom is 0.306 e. The van der Waals surface area contributed by atoms with Crippen molar-refractivity contribution in [2.24, 2.45) is 0 Å². The molecule has 6 nitrogen and oxygen atoms in total. The van der Waals surface area contributed by atoms with Crippen LogP contribution in [0, 0.1) is 0 Å². The Hall–Kier alpha value is -2.63. The number of carbonyl (C=O) groups excluding carboxylic acids is 3. The van der Waals surface area contributed by atoms with E-state index in [1.54, 1.807) is 0 Å². The average Bonchev–Trinajstić information content (AvgIpc) is 3.41. The molecule has 0 amide bonds. The molecule has 0 N–H and O–H groups in total. The predicted octanol–water partition coefficient (Wildman–Crippen LogP) is 22.6. The van der Waals surface area contributed by atoms with Crippen LogP contribution in [0.4, 0.5) is 0 Å². The van der Waals surface area contributed by atoms with Crippen molar-refractivity contribution in [3.8, 4) is 0 Å². The summed E-state index contributed by atoms with van der Waals surface area (Å²) in [5.41, 5.74) is 0. The highest BCUT2D eigenvalue weighted by Crippen LogP contribution is 2.17. The van der Waals surface area contributed by atoms with Crippen molar-refractivity contribution in [1.29, 1.82) is 0 Å². The Morgan fingerprint density at radius 1 is 0.267 bits per heavy atom. The predicted molar refractivity (Wildman–Crippen MR) is 325 cm³/mol. The van der Waals surface area contributed by atoms with E-state index in [0.717, 1.165) is 77.0 Å². The lowest BCUT2D eigenvalue weighted by molar-refractivity contribution is -0.167. The smallest absolute Gasteiger partial charge is 0.306 e. The molecule has 0 saturated heterocycles. The van der Waals surface area contributed by atoms with Crippen molar-refractivity contribution in [3.05, 3.63) is 48.6 Å². The topological polar surface area (TPSA) is 78.9 Å². The lowest BCUT2D eigenvalue weighted by Crippen LogP contribution is -2.30. The van der Waals surface area contributed by atoms with Gasteiger partial charge in [0.1, 0.15) is 13.2 Å². The quantitative estimate of drug-likeness (QED) is 0.0261. The number of allylic oxidation sites excluding steroid dienone is 8. The minimum absolute atomic E-state index is 0.0740. The largest absolute Gasteiger partial charge is 0.462 e. The maximum absolute atomic E-state index is 12.9. The van der Waals surface area contributed by atoms with E-state index < -0.39 is 6.10 Å². The first kappa shape index (κ1) is 72.4. The molecule has 0 aliphatic rings. The third-order valence-corrected chi connectivity index (χ3v) is 14.8. The third-order valence-electron chi connectivity index (χ3n) is 14.8. The van der Waals surface area contributed by atoms with Crippen molar-refractivity contribution in [1.82, 2.24) is 0 Å². The molecule has 1 unspecified atom stereocenters. The van der Waals surface area contributed by atoms with Gasteiger partial charge in [0.15, 0.2) is 6.10 Å². The molecule has 0 spiro atoms. The highest BCUT2D eigenvalue weighted by atomic mass is 16.6. The Balaban J connectivity index is 4.29. The number of hydrogen-bond donors (Lipinski definition) is 0. The molecule has 1 atom stereocenters. The molecule has 0 radical (unpaired) electrons. The summed E-state index contributed by atoms with van der Waals surface area (Å²) < 4.78 is 16.9. The van der Waals surface area contributed by atoms with Gasteiger partial charge >= 0.3 is 17.9 Å². The molecule has 0 aliphatic heterocycles. The minimum Gasteiger partial charge on any atom is -0.462 e. The van der Waals surface area contributed by atoms with Gasteiger partial charge in [-0.25, -0.2) is 0 Å². The third kappa shape index (κ3) is 62.1. The molecule has 0 saturated carbocycles. The fraction of sp³-hybridized carbons (Fsp3) is 0.841. The minimum atomic E-state index is -0.777. The van der Waals surface area contributed by atoms with Crippen molar-refractivity contribution < 1.29 is 28.6 Å². The number of esters is 3. The van der Waals surface area contributed by atoms with Crippen LogP contribution in [0.15, 0.2) is 48.6 Å². The van der Waals surface area contributed by atoms with E-state index in [0.29, 0.717) is 19.3 Å². The van der Waals surface area contributed by atoms with Gasteiger partial charge in [0.05, 0.1) is 0 Å². The standard InChI is InChI=1S/C69H126O6/c1-4-7-10-13-16-19-22-25-28-30-32-33-34-35-36-37-38-40-41-44-47-50-53-56-59-62-68(71)74-65-66(64-73-67(70)61-58-55-52-49-46-43-27-24-21-18-15-12-9-6-3)75-69(72)63-60-57-54-51-48-45-42-39-31-29-26-23-20-17-14-11-8-5-2/h22,24-25,27,30,32,34-35,66H,4-21,23,26,28-29,31,33,36-65H2,1-3H3/b25-22-,27-24-,32-30-,35-34-. The summed E-state index contributed by atoms with van der Waals surface area (Å²) in [6, 6.07) is 0. The van der Waals surface area contributed by atoms with Gasteiger partial charge in [-0.3, -0.25) is 14.4 Å². The van der Waals surface area contributed by atoms with Crippen molar-refractivity contribution >= 4 is 17.9 Å². The fourth-order valence-electron chi connectivity index (χ4n) is 9.80. The second-order valence-corrected chi connectivity index (χ2v) is 22.4. The number of ether oxygens (including phenoxy) is 3. The maximum atomic E-state index is 12.9. The highest BCUT2D eigenvalue weighted by molar-refractivity contribution is 5.71. The summed E-state index contributed by atoms with van der Waals surface area (Å²) in [6.07, 6.45) is 79.7. The number of hydrogen-bond acceptors (Lipinski definition) is 6. The van der Waals surface area contributed by atoms with Gasteiger partial charge in [0.2, 0.25) is 0 Å². The first-order valence-corrected chi connectivity index (χ1v) is 33.1. The lowest BCUT2D eigenvalue weighted by atomic mass is 10.0. The molecular weight excluding hydrogens is 925 g/mol. The van der Waals surface area contributed by atoms with Crippen LogP contribution in [0.5, 0.6) is 0 Å². The molecule has 0 aliphatic carbocycles. The molecule has 0 fully saturated rings. The van der Waals surface area contributed by atoms with Crippen LogP contribution in [0.1, 0.15) is 355 Å². The van der Waals surface area contributed by atoms with Gasteiger partial charge in [-0.1, -0.05) is 301 Å². The van der Waals surface area contributed by atoms with E-state index >= 15 is 0 Å². The van der Waals surface area contributed by atoms with E-state index in [-0.39, 0.29) is 31.1 Å². The second kappa shape index (κ2) is 63.9. The zero-order valence-corrected chi connectivity index (χ0v) is 50.3. The summed E-state index contributed by atoms with van der Waals surface area (Å²) in [6.45, 7) is 6.67. The summed E-state index contributed by atoms with van der Waals surface area (Å²) in [4.78, 5) is 38.3. The van der Waals surface area contributed by atoms with Gasteiger partial charge in [0.25, 0.3) is 0 Å². The highest BCUT2D eigenvalue weighted by Gasteiger charge is 2.19. The molecule has 6 heteroatoms. The summed E-state index contributed by atoms with van der Waals surface area (Å²) in [7, 11) is 0. The first-order chi connectivity index (χ1) is 37.0. The van der Waals surface area contributed by atoms with Gasteiger partial charge in [-0.05, 0) is 83.5 Å². The molecule has 0 aromatic rings. The van der Waals surface area contributed by atoms with Crippen molar-refractivity contribution in [3.63, 3.8) is 0 Å². The Morgan fingerprint density at radius 3 is 0.760 bits per heavy atom. The number of unbranched alkanes of at least 4 members (excludes halogenated alkanes) is 42. The molecule has 0 aromatic carbocycles. The molecule has 0 rings (SSSR count). The zero-order valence-electron chi connectivity index (χ0n) is 50.3. The van der Waals surface area contributed by atoms with Crippen LogP contribution in [0.2, 0.25) is 0 Å². The second-order valence-electron chi connectivity index (χ2n) is 22.4. The lowest BCUT2D eigenvalue weighted by Gasteiger charge is -2.18. The average molecular weight is 1050 g/mol. The summed E-state index contributed by atoms with van der Waals surface area (Å²) in [5.74, 6) is -0.863. The molecule has 0 heterocycles. The number of carbonyl (C=O) groups is 3. The molecular formula is C69H126O6. The first-order valence-electron chi connectivity index (χ1n) is 33.1. The van der Waals surface area contributed by atoms with Crippen LogP contribution in [-0.4, -0.2) is 37.2 Å². The monoisotopic (exact) mass is 1050 g/mol. The Morgan fingerprint density at radius 2 is 0.480 bits per heavy atom. The Kier molecular flexibility index (Phi) is 61.7. The van der Waals surface area contributed by atoms with E-state index in [9.17, 15) is 14.4 Å². The normalized spacial score (nSPS) is 12.3. The van der Waals surface area contributed by atoms with Gasteiger partial charge in [-0.15, -0.1) is 0 Å². The molecule has 0 bridgehead atoms. The van der Waals surface area contributed by atoms with E-state index in [1.807, 2.05) is 0 Å². The van der Waals surface area contributed by atoms with Crippen LogP contribution in [0.3, 0.4) is 0 Å². The summed E-state index contributed by atoms with van der Waals surface area (Å²) >= 11 is 0. The van der Waals surface area contributed by atoms with Crippen molar-refractivity contribution in [2.45, 2.75) is 361 Å². The molecule has 75 heavy (non-hydrogen) atoms. The number of rotatable bonds is 61. The van der Waals surface area contributed by atoms with Crippen molar-refractivity contribution in [2.75, 3.05) is 13.2 Å². The fourth-order valence-corrected chi connectivity index (χ4v) is 9.80. The van der Waals surface area contributed by atoms with Gasteiger partial charge < -0.3 is 14.2 Å². The summed E-state index contributed by atoms with van der Waals surface area (Å²) in [5, 5.41) is 0. The van der Waals surface area contributed by atoms with Crippen LogP contribution < -0.4 is 0 Å². The van der Waals surface area contributed by atoms with E-state index in [1.165, 1.54) is 238 Å². The molecule has 438 valence electrons. The van der Waals surface area contributed by atoms with Crippen LogP contribution in [0.25, 0.3) is 0 Å². The van der Waals surface area contributed by atoms with Crippen LogP contribution >= 0.6 is 0 Å². The van der Waals surface area contributed by atoms with Gasteiger partial charge in [0, 0.05) is 19.3 Å². The van der Waals surface area contributed by atoms with E-state index in [4.69, 9.17) is 14.2 Å². The zero-order chi connectivity index (χ0) is 54.3. The SMILES string of the molecule is CCCCCCC/C=C\C/C=C\C/C=C\CCCCCCCCCCCCC(=O)OCC(COC(=O)CCCCCCC/C=C\CCCCCCC)OC(=O)CCCCCCCCCCCCCCCCCCCC. The van der Waals surface area contributed by atoms with E-state index in [2.05, 4.69) is 69.4 Å². The Bertz CT molecular complexity index is 1300. The molecule has 0 aromatic heterocycles. The van der Waals surface area contributed by atoms with Gasteiger partial charge in [-0.2, -0.15) is 0 Å².